The van der Waals surface area contributed by atoms with E-state index in [1.54, 1.807) is 54.7 Å². The number of para-hydroxylation sites is 1. The molecule has 0 spiro atoms. The molecular weight excluding hydrogens is 731 g/mol. The summed E-state index contributed by atoms with van der Waals surface area (Å²) in [6.07, 6.45) is 1.68. The van der Waals surface area contributed by atoms with Crippen LogP contribution in [-0.4, -0.2) is 19.6 Å². The fourth-order valence-electron chi connectivity index (χ4n) is 7.48. The Morgan fingerprint density at radius 2 is 1.25 bits per heavy atom. The van der Waals surface area contributed by atoms with Gasteiger partial charge in [-0.2, -0.15) is 0 Å². The summed E-state index contributed by atoms with van der Waals surface area (Å²) in [6, 6.07) is 36.2. The van der Waals surface area contributed by atoms with E-state index in [9.17, 15) is 5.11 Å². The molecule has 8 aromatic rings. The van der Waals surface area contributed by atoms with E-state index < -0.39 is 92.5 Å². The Bertz CT molecular complexity index is 3590. The number of aromatic nitrogens is 3. The average Bonchev–Trinajstić information content (AvgIpc) is 3.91. The van der Waals surface area contributed by atoms with Gasteiger partial charge in [0.1, 0.15) is 11.6 Å². The predicted molar refractivity (Wildman–Crippen MR) is 253 cm³/mol. The van der Waals surface area contributed by atoms with E-state index in [0.29, 0.717) is 39.6 Å². The number of phenolic OH excluding ortho intramolecular Hbond substituents is 1. The smallest absolute Gasteiger partial charge is 0.149 e. The molecular formula is C56H57N3O. The van der Waals surface area contributed by atoms with Crippen LogP contribution in [0.4, 0.5) is 0 Å². The monoisotopic (exact) mass is 809 g/mol. The molecule has 8 rings (SSSR count). The maximum Gasteiger partial charge on any atom is 0.149 e. The van der Waals surface area contributed by atoms with E-state index in [2.05, 4.69) is 0 Å². The standard InChI is InChI=1S/C56H57N3O/c1-35-20-22-38(23-21-35)40-26-27-57-48(32-40)42-29-41(30-43(31-42)54(3,4)5)45-18-15-19-50-51(45)58-53(46-33-44(55(6,7)8)34-47(52(46)60)56(9,10)11)59(50)49-25-24-39(28-36(49)2)37-16-13-12-14-17-37/h12-34,60H,1-11H3/i2D3,6D3,7D3,8D3,9D3,10D3,11D3. The molecule has 4 heteroatoms. The minimum atomic E-state index is -4.22. The third-order valence-electron chi connectivity index (χ3n) is 10.8. The number of pyridine rings is 1. The Kier molecular flexibility index (Phi) is 5.63. The Balaban J connectivity index is 1.61. The minimum absolute atomic E-state index is 0.0170. The van der Waals surface area contributed by atoms with Crippen LogP contribution < -0.4 is 0 Å². The Morgan fingerprint density at radius 1 is 0.567 bits per heavy atom. The summed E-state index contributed by atoms with van der Waals surface area (Å²) in [4.78, 5) is 9.79. The van der Waals surface area contributed by atoms with Crippen LogP contribution in [0.3, 0.4) is 0 Å². The highest BCUT2D eigenvalue weighted by Gasteiger charge is 2.29. The predicted octanol–water partition coefficient (Wildman–Crippen LogP) is 15.0. The van der Waals surface area contributed by atoms with Crippen LogP contribution in [0.25, 0.3) is 72.7 Å². The molecule has 0 aliphatic heterocycles. The van der Waals surface area contributed by atoms with Gasteiger partial charge in [-0.1, -0.05) is 152 Å². The first-order valence-electron chi connectivity index (χ1n) is 29.9. The molecule has 0 saturated carbocycles. The normalized spacial score (nSPS) is 19.0. The lowest BCUT2D eigenvalue weighted by molar-refractivity contribution is 0.446. The summed E-state index contributed by atoms with van der Waals surface area (Å²) in [7, 11) is 0. The van der Waals surface area contributed by atoms with Crippen molar-refractivity contribution in [3.8, 4) is 67.5 Å². The molecule has 4 nitrogen and oxygen atoms in total. The van der Waals surface area contributed by atoms with Crippen LogP contribution in [0.15, 0.2) is 140 Å². The minimum Gasteiger partial charge on any atom is -0.507 e. The van der Waals surface area contributed by atoms with E-state index >= 15 is 0 Å². The Hall–Kier alpha value is -6.26. The van der Waals surface area contributed by atoms with E-state index in [0.717, 1.165) is 22.3 Å². The molecule has 0 atom stereocenters. The number of rotatable bonds is 6. The molecule has 0 aliphatic carbocycles. The number of hydrogen-bond acceptors (Lipinski definition) is 3. The van der Waals surface area contributed by atoms with Crippen molar-refractivity contribution in [2.45, 2.75) is 91.9 Å². The van der Waals surface area contributed by atoms with Gasteiger partial charge in [0.05, 0.1) is 28.0 Å². The number of aryl methyl sites for hydroxylation is 2. The van der Waals surface area contributed by atoms with Gasteiger partial charge in [0.15, 0.2) is 0 Å². The lowest BCUT2D eigenvalue weighted by Crippen LogP contribution is -2.17. The summed E-state index contributed by atoms with van der Waals surface area (Å²) in [5.41, 5.74) is -6.34. The molecule has 2 aromatic heterocycles. The van der Waals surface area contributed by atoms with E-state index in [1.807, 2.05) is 82.3 Å². The van der Waals surface area contributed by atoms with Crippen molar-refractivity contribution in [1.82, 2.24) is 14.5 Å². The number of aromatic hydroxyl groups is 1. The summed E-state index contributed by atoms with van der Waals surface area (Å²) in [5.74, 6) is -2.12. The quantitative estimate of drug-likeness (QED) is 0.182. The second-order valence-electron chi connectivity index (χ2n) is 16.3. The SMILES string of the molecule is [2H]C([2H])([2H])c1cc(-c2ccccc2)ccc1-n1c(-c2cc(C(C([2H])([2H])[2H])(C([2H])([2H])[2H])C([2H])([2H])[2H])cc(C(C([2H])([2H])[2H])(C([2H])([2H])[2H])C([2H])([2H])[2H])c2O)nc2c(-c3cc(-c4cc(-c5ccc(C)cc5)ccn4)cc(C(C)(C)C)c3)cccc21. The first kappa shape index (κ1) is 22.4. The Morgan fingerprint density at radius 3 is 1.97 bits per heavy atom. The lowest BCUT2D eigenvalue weighted by atomic mass is 9.79. The van der Waals surface area contributed by atoms with Gasteiger partial charge in [-0.3, -0.25) is 9.55 Å². The van der Waals surface area contributed by atoms with Gasteiger partial charge >= 0.3 is 0 Å². The largest absolute Gasteiger partial charge is 0.507 e. The summed E-state index contributed by atoms with van der Waals surface area (Å²) < 4.78 is 185. The number of fused-ring (bicyclic) bond motifs is 1. The van der Waals surface area contributed by atoms with E-state index in [4.69, 9.17) is 38.8 Å². The topological polar surface area (TPSA) is 50.9 Å². The van der Waals surface area contributed by atoms with Gasteiger partial charge in [-0.05, 0) is 123 Å². The van der Waals surface area contributed by atoms with Gasteiger partial charge < -0.3 is 5.11 Å². The number of imidazole rings is 1. The first-order chi connectivity index (χ1) is 37.1. The van der Waals surface area contributed by atoms with Gasteiger partial charge in [0, 0.05) is 51.7 Å². The van der Waals surface area contributed by atoms with Gasteiger partial charge in [-0.25, -0.2) is 4.98 Å². The summed E-state index contributed by atoms with van der Waals surface area (Å²) in [5, 5.41) is 12.9. The van der Waals surface area contributed by atoms with Gasteiger partial charge in [-0.15, -0.1) is 0 Å². The zero-order valence-corrected chi connectivity index (χ0v) is 33.6. The number of phenols is 1. The van der Waals surface area contributed by atoms with Crippen LogP contribution >= 0.6 is 0 Å². The fraction of sp³-hybridized carbons (Fsp3) is 0.250. The van der Waals surface area contributed by atoms with Crippen LogP contribution in [-0.2, 0) is 16.2 Å². The number of benzene rings is 6. The second kappa shape index (κ2) is 15.1. The highest BCUT2D eigenvalue weighted by Crippen LogP contribution is 2.45. The van der Waals surface area contributed by atoms with Crippen LogP contribution in [0.2, 0.25) is 0 Å². The van der Waals surface area contributed by atoms with Crippen molar-refractivity contribution in [3.05, 3.63) is 167 Å². The van der Waals surface area contributed by atoms with E-state index in [1.165, 1.54) is 22.8 Å². The van der Waals surface area contributed by atoms with E-state index in [-0.39, 0.29) is 28.4 Å². The molecule has 302 valence electrons. The molecule has 0 fully saturated rings. The first-order valence-corrected chi connectivity index (χ1v) is 19.4. The zero-order chi connectivity index (χ0) is 60.2. The van der Waals surface area contributed by atoms with Crippen LogP contribution in [0.5, 0.6) is 5.75 Å². The fourth-order valence-corrected chi connectivity index (χ4v) is 7.48. The Labute approximate surface area is 386 Å². The highest BCUT2D eigenvalue weighted by atomic mass is 16.3. The molecule has 2 heterocycles. The molecule has 0 aliphatic rings. The van der Waals surface area contributed by atoms with Crippen molar-refractivity contribution < 1.29 is 33.9 Å². The highest BCUT2D eigenvalue weighted by molar-refractivity contribution is 5.97. The van der Waals surface area contributed by atoms with Crippen molar-refractivity contribution >= 4 is 11.0 Å². The molecule has 6 aromatic carbocycles. The number of hydrogen-bond donors (Lipinski definition) is 1. The van der Waals surface area contributed by atoms with Crippen molar-refractivity contribution in [1.29, 1.82) is 0 Å². The molecule has 0 radical (unpaired) electrons. The summed E-state index contributed by atoms with van der Waals surface area (Å²) >= 11 is 0. The molecule has 1 N–H and O–H groups in total. The van der Waals surface area contributed by atoms with Gasteiger partial charge in [0.25, 0.3) is 0 Å². The molecule has 0 bridgehead atoms. The maximum absolute atomic E-state index is 12.9. The van der Waals surface area contributed by atoms with Crippen molar-refractivity contribution in [2.24, 2.45) is 0 Å². The lowest BCUT2D eigenvalue weighted by Gasteiger charge is -2.27. The molecule has 0 amide bonds. The molecule has 0 unspecified atom stereocenters. The second-order valence-corrected chi connectivity index (χ2v) is 16.3. The number of nitrogens with zero attached hydrogens (tertiary/aromatic N) is 3. The van der Waals surface area contributed by atoms with Gasteiger partial charge in [0.2, 0.25) is 0 Å². The third kappa shape index (κ3) is 7.79. The molecule has 0 saturated heterocycles. The maximum atomic E-state index is 12.9. The van der Waals surface area contributed by atoms with Crippen molar-refractivity contribution in [3.63, 3.8) is 0 Å². The summed E-state index contributed by atoms with van der Waals surface area (Å²) in [6.45, 7) is -19.9. The third-order valence-corrected chi connectivity index (χ3v) is 10.8. The molecule has 60 heavy (non-hydrogen) atoms. The van der Waals surface area contributed by atoms with Crippen LogP contribution in [0, 0.1) is 13.8 Å². The van der Waals surface area contributed by atoms with Crippen molar-refractivity contribution in [2.75, 3.05) is 0 Å². The zero-order valence-electron chi connectivity index (χ0n) is 54.6. The van der Waals surface area contributed by atoms with Crippen LogP contribution in [0.1, 0.15) is 118 Å². The average molecular weight is 809 g/mol.